The predicted molar refractivity (Wildman–Crippen MR) is 71.4 cm³/mol. The molecule has 0 spiro atoms. The van der Waals surface area contributed by atoms with E-state index < -0.39 is 0 Å². The van der Waals surface area contributed by atoms with E-state index in [2.05, 4.69) is 24.3 Å². The van der Waals surface area contributed by atoms with Crippen LogP contribution in [0.2, 0.25) is 0 Å². The lowest BCUT2D eigenvalue weighted by Crippen LogP contribution is -2.28. The van der Waals surface area contributed by atoms with Crippen molar-refractivity contribution in [2.75, 3.05) is 0 Å². The van der Waals surface area contributed by atoms with Crippen LogP contribution >= 0.6 is 0 Å². The van der Waals surface area contributed by atoms with Crippen molar-refractivity contribution in [2.24, 2.45) is 0 Å². The average Bonchev–Trinajstić information content (AvgIpc) is 2.82. The first kappa shape index (κ1) is 12.3. The minimum absolute atomic E-state index is 0.253. The van der Waals surface area contributed by atoms with Crippen molar-refractivity contribution in [3.8, 4) is 0 Å². The van der Waals surface area contributed by atoms with Crippen LogP contribution in [0.1, 0.15) is 63.5 Å². The maximum Gasteiger partial charge on any atom is 0.139 e. The topological polar surface area (TPSA) is 17.1 Å². The van der Waals surface area contributed by atoms with Gasteiger partial charge in [0, 0.05) is 5.41 Å². The average molecular weight is 230 g/mol. The van der Waals surface area contributed by atoms with Crippen LogP contribution in [0.5, 0.6) is 0 Å². The van der Waals surface area contributed by atoms with Gasteiger partial charge in [0.25, 0.3) is 0 Å². The van der Waals surface area contributed by atoms with Gasteiger partial charge >= 0.3 is 0 Å². The van der Waals surface area contributed by atoms with E-state index in [1.165, 1.54) is 36.8 Å². The first-order valence-electron chi connectivity index (χ1n) is 6.64. The molecule has 0 amide bonds. The highest BCUT2D eigenvalue weighted by atomic mass is 16.1. The van der Waals surface area contributed by atoms with Crippen LogP contribution in [0.4, 0.5) is 0 Å². The Balaban J connectivity index is 2.43. The molecule has 1 aliphatic carbocycles. The van der Waals surface area contributed by atoms with Crippen LogP contribution in [0, 0.1) is 0 Å². The Labute approximate surface area is 104 Å². The Morgan fingerprint density at radius 2 is 1.76 bits per heavy atom. The van der Waals surface area contributed by atoms with E-state index in [4.69, 9.17) is 0 Å². The van der Waals surface area contributed by atoms with Gasteiger partial charge in [-0.05, 0) is 50.7 Å². The second-order valence-electron chi connectivity index (χ2n) is 5.75. The summed E-state index contributed by atoms with van der Waals surface area (Å²) in [7, 11) is 0. The molecule has 17 heavy (non-hydrogen) atoms. The Bertz CT molecular complexity index is 411. The Kier molecular flexibility index (Phi) is 3.37. The predicted octanol–water partition coefficient (Wildman–Crippen LogP) is 4.21. The van der Waals surface area contributed by atoms with E-state index in [-0.39, 0.29) is 11.2 Å². The fraction of sp³-hybridized carbons (Fsp3) is 0.562. The van der Waals surface area contributed by atoms with Gasteiger partial charge in [0.15, 0.2) is 0 Å². The lowest BCUT2D eigenvalue weighted by Gasteiger charge is -2.27. The van der Waals surface area contributed by atoms with E-state index in [1.54, 1.807) is 6.92 Å². The van der Waals surface area contributed by atoms with Crippen molar-refractivity contribution < 1.29 is 4.79 Å². The van der Waals surface area contributed by atoms with Crippen molar-refractivity contribution >= 4 is 5.78 Å². The number of Topliss-reactive ketones (excluding diaryl/α,β-unsaturated/α-hetero) is 1. The fourth-order valence-corrected chi connectivity index (χ4v) is 2.85. The fourth-order valence-electron chi connectivity index (χ4n) is 2.85. The highest BCUT2D eigenvalue weighted by Gasteiger charge is 2.31. The summed E-state index contributed by atoms with van der Waals surface area (Å²) in [6, 6.07) is 8.51. The van der Waals surface area contributed by atoms with Gasteiger partial charge in [-0.15, -0.1) is 0 Å². The number of hydrogen-bond acceptors (Lipinski definition) is 1. The molecule has 1 nitrogen and oxygen atoms in total. The molecule has 0 atom stereocenters. The van der Waals surface area contributed by atoms with E-state index in [0.29, 0.717) is 5.92 Å². The number of benzene rings is 1. The largest absolute Gasteiger partial charge is 0.299 e. The molecular formula is C16H22O. The highest BCUT2D eigenvalue weighted by molar-refractivity contribution is 5.87. The van der Waals surface area contributed by atoms with Crippen molar-refractivity contribution in [1.82, 2.24) is 0 Å². The minimum atomic E-state index is -0.348. The van der Waals surface area contributed by atoms with E-state index in [1.807, 2.05) is 13.8 Å². The maximum atomic E-state index is 11.8. The first-order chi connectivity index (χ1) is 8.03. The molecule has 0 unspecified atom stereocenters. The minimum Gasteiger partial charge on any atom is -0.299 e. The summed E-state index contributed by atoms with van der Waals surface area (Å²) in [6.07, 6.45) is 5.23. The SMILES string of the molecule is CC(=O)C(C)(C)c1ccccc1C1CCCC1. The Morgan fingerprint density at radius 3 is 2.35 bits per heavy atom. The van der Waals surface area contributed by atoms with Gasteiger partial charge in [-0.3, -0.25) is 4.79 Å². The first-order valence-corrected chi connectivity index (χ1v) is 6.64. The third-order valence-corrected chi connectivity index (χ3v) is 4.31. The number of ketones is 1. The number of carbonyl (C=O) groups is 1. The molecule has 2 rings (SSSR count). The molecule has 1 saturated carbocycles. The zero-order valence-corrected chi connectivity index (χ0v) is 11.1. The third kappa shape index (κ3) is 2.29. The number of hydrogen-bond donors (Lipinski definition) is 0. The molecule has 0 heterocycles. The zero-order valence-electron chi connectivity index (χ0n) is 11.1. The molecule has 0 aromatic heterocycles. The summed E-state index contributed by atoms with van der Waals surface area (Å²) in [5, 5.41) is 0. The highest BCUT2D eigenvalue weighted by Crippen LogP contribution is 2.39. The lowest BCUT2D eigenvalue weighted by molar-refractivity contribution is -0.121. The quantitative estimate of drug-likeness (QED) is 0.760. The summed E-state index contributed by atoms with van der Waals surface area (Å²) in [5.41, 5.74) is 2.30. The third-order valence-electron chi connectivity index (χ3n) is 4.31. The lowest BCUT2D eigenvalue weighted by atomic mass is 9.76. The van der Waals surface area contributed by atoms with Gasteiger partial charge in [-0.1, -0.05) is 37.1 Å². The Hall–Kier alpha value is -1.11. The van der Waals surface area contributed by atoms with Gasteiger partial charge in [0.05, 0.1) is 0 Å². The molecule has 0 saturated heterocycles. The zero-order chi connectivity index (χ0) is 12.5. The van der Waals surface area contributed by atoms with Crippen LogP contribution < -0.4 is 0 Å². The molecule has 1 heteroatoms. The van der Waals surface area contributed by atoms with Crippen LogP contribution in [0.3, 0.4) is 0 Å². The van der Waals surface area contributed by atoms with Crippen molar-refractivity contribution in [3.05, 3.63) is 35.4 Å². The number of carbonyl (C=O) groups excluding carboxylic acids is 1. The van der Waals surface area contributed by atoms with Crippen LogP contribution in [0.15, 0.2) is 24.3 Å². The maximum absolute atomic E-state index is 11.8. The monoisotopic (exact) mass is 230 g/mol. The summed E-state index contributed by atoms with van der Waals surface area (Å²) in [4.78, 5) is 11.8. The second kappa shape index (κ2) is 4.64. The van der Waals surface area contributed by atoms with Crippen molar-refractivity contribution in [2.45, 2.75) is 57.8 Å². The molecular weight excluding hydrogens is 208 g/mol. The second-order valence-corrected chi connectivity index (χ2v) is 5.75. The molecule has 0 aliphatic heterocycles. The normalized spacial score (nSPS) is 17.4. The van der Waals surface area contributed by atoms with Gasteiger partial charge in [-0.2, -0.15) is 0 Å². The van der Waals surface area contributed by atoms with Crippen LogP contribution in [-0.4, -0.2) is 5.78 Å². The van der Waals surface area contributed by atoms with E-state index >= 15 is 0 Å². The molecule has 92 valence electrons. The van der Waals surface area contributed by atoms with Gasteiger partial charge in [0.1, 0.15) is 5.78 Å². The molecule has 1 aromatic rings. The molecule has 0 bridgehead atoms. The standard InChI is InChI=1S/C16H22O/c1-12(17)16(2,3)15-11-7-6-10-14(15)13-8-4-5-9-13/h6-7,10-11,13H,4-5,8-9H2,1-3H3. The molecule has 1 fully saturated rings. The molecule has 0 N–H and O–H groups in total. The van der Waals surface area contributed by atoms with Gasteiger partial charge in [0.2, 0.25) is 0 Å². The summed E-state index contributed by atoms with van der Waals surface area (Å²) in [5.74, 6) is 0.924. The van der Waals surface area contributed by atoms with Crippen molar-refractivity contribution in [3.63, 3.8) is 0 Å². The number of rotatable bonds is 3. The van der Waals surface area contributed by atoms with E-state index in [9.17, 15) is 4.79 Å². The van der Waals surface area contributed by atoms with Crippen molar-refractivity contribution in [1.29, 1.82) is 0 Å². The molecule has 1 aliphatic rings. The van der Waals surface area contributed by atoms with E-state index in [0.717, 1.165) is 0 Å². The smallest absolute Gasteiger partial charge is 0.139 e. The summed E-state index contributed by atoms with van der Waals surface area (Å²) < 4.78 is 0. The summed E-state index contributed by atoms with van der Waals surface area (Å²) >= 11 is 0. The van der Waals surface area contributed by atoms with Crippen LogP contribution in [-0.2, 0) is 10.2 Å². The molecule has 1 aromatic carbocycles. The Morgan fingerprint density at radius 1 is 1.18 bits per heavy atom. The molecule has 0 radical (unpaired) electrons. The van der Waals surface area contributed by atoms with Crippen LogP contribution in [0.25, 0.3) is 0 Å². The summed E-state index contributed by atoms with van der Waals surface area (Å²) in [6.45, 7) is 5.79. The van der Waals surface area contributed by atoms with Gasteiger partial charge in [-0.25, -0.2) is 0 Å². The van der Waals surface area contributed by atoms with Gasteiger partial charge < -0.3 is 0 Å².